The summed E-state index contributed by atoms with van der Waals surface area (Å²) >= 11 is 0. The quantitative estimate of drug-likeness (QED) is 0.0165. The Morgan fingerprint density at radius 2 is 0.756 bits per heavy atom. The lowest BCUT2D eigenvalue weighted by Gasteiger charge is -2.30. The van der Waals surface area contributed by atoms with Crippen molar-refractivity contribution in [2.75, 3.05) is 114 Å². The molecule has 3 atom stereocenters. The fourth-order valence-electron chi connectivity index (χ4n) is 16.5. The van der Waals surface area contributed by atoms with Crippen LogP contribution in [0.25, 0.3) is 44.8 Å². The number of carbonyl (C=O) groups excluding carboxylic acids is 4. The van der Waals surface area contributed by atoms with Gasteiger partial charge in [0.25, 0.3) is 26.0 Å². The van der Waals surface area contributed by atoms with Crippen molar-refractivity contribution in [3.8, 4) is 79.3 Å². The van der Waals surface area contributed by atoms with E-state index in [0.29, 0.717) is 72.9 Å². The number of nitrogens with one attached hydrogen (secondary N) is 3. The van der Waals surface area contributed by atoms with Crippen molar-refractivity contribution in [3.05, 3.63) is 274 Å². The number of fused-ring (bicyclic) bond motifs is 3. The minimum absolute atomic E-state index is 0.0371. The number of nitrogens with zero attached hydrogens (tertiary/aromatic N) is 9. The Hall–Kier alpha value is -14.3. The number of anilines is 2. The van der Waals surface area contributed by atoms with Crippen molar-refractivity contribution in [2.45, 2.75) is 87.0 Å². The largest absolute Gasteiger partial charge is 0.496 e. The summed E-state index contributed by atoms with van der Waals surface area (Å²) in [5.74, 6) is -5.67. The van der Waals surface area contributed by atoms with Gasteiger partial charge in [0, 0.05) is 45.7 Å². The molecule has 0 bridgehead atoms. The van der Waals surface area contributed by atoms with Gasteiger partial charge in [0.05, 0.1) is 119 Å². The Kier molecular flexibility index (Phi) is 32.9. The van der Waals surface area contributed by atoms with Crippen LogP contribution in [0, 0.1) is 29.2 Å². The summed E-state index contributed by atoms with van der Waals surface area (Å²) in [6, 6.07) is 40.9. The molecular formula is C97H103F4N13O19S2. The number of hydrogen-bond donors (Lipinski definition) is 5. The molecule has 0 saturated heterocycles. The van der Waals surface area contributed by atoms with E-state index < -0.39 is 102 Å². The number of hydrogen-bond acceptors (Lipinski definition) is 26. The Labute approximate surface area is 778 Å². The highest BCUT2D eigenvalue weighted by Gasteiger charge is 2.34. The first kappa shape index (κ1) is 99.7. The third-order valence-electron chi connectivity index (χ3n) is 23.2. The van der Waals surface area contributed by atoms with Gasteiger partial charge in [0.1, 0.15) is 106 Å². The van der Waals surface area contributed by atoms with E-state index in [9.17, 15) is 49.6 Å². The van der Waals surface area contributed by atoms with E-state index in [1.807, 2.05) is 85.4 Å². The van der Waals surface area contributed by atoms with Crippen LogP contribution in [0.2, 0.25) is 0 Å². The molecule has 0 spiro atoms. The molecule has 135 heavy (non-hydrogen) atoms. The molecule has 6 N–H and O–H groups in total. The minimum atomic E-state index is -4.28. The molecule has 0 fully saturated rings. The van der Waals surface area contributed by atoms with E-state index in [1.54, 1.807) is 42.7 Å². The molecule has 1 amide bonds. The maximum absolute atomic E-state index is 15.4. The van der Waals surface area contributed by atoms with Crippen molar-refractivity contribution in [1.29, 1.82) is 0 Å². The lowest BCUT2D eigenvalue weighted by Crippen LogP contribution is -2.44. The molecular weight excluding hydrogens is 1790 g/mol. The highest BCUT2D eigenvalue weighted by Crippen LogP contribution is 2.47. The molecule has 3 aliphatic rings. The van der Waals surface area contributed by atoms with E-state index >= 15 is 8.78 Å². The van der Waals surface area contributed by atoms with Crippen molar-refractivity contribution >= 4 is 61.2 Å². The molecule has 2 aromatic heterocycles. The average molecular weight is 1900 g/mol. The van der Waals surface area contributed by atoms with E-state index in [-0.39, 0.29) is 28.1 Å². The first-order valence-electron chi connectivity index (χ1n) is 42.3. The molecule has 5 heterocycles. The number of halogens is 4. The van der Waals surface area contributed by atoms with E-state index in [1.165, 1.54) is 125 Å². The number of carboxylic acids is 1. The third kappa shape index (κ3) is 23.1. The van der Waals surface area contributed by atoms with Crippen molar-refractivity contribution < 1.29 is 106 Å². The molecule has 3 aliphatic heterocycles. The Balaban J connectivity index is 0.000000171. The summed E-state index contributed by atoms with van der Waals surface area (Å²) in [6.45, 7) is 6.85. The van der Waals surface area contributed by atoms with Crippen LogP contribution in [0.4, 0.5) is 28.9 Å². The van der Waals surface area contributed by atoms with E-state index in [4.69, 9.17) is 53.5 Å². The molecule has 12 aromatic rings. The molecule has 38 heteroatoms. The number of carboxylic acid groups (broad SMARTS) is 1. The first-order valence-corrected chi connectivity index (χ1v) is 45.3. The number of ether oxygens (including phenoxy) is 9. The average Bonchev–Trinajstić information content (AvgIpc) is 1.12. The second-order valence-corrected chi connectivity index (χ2v) is 35.2. The fourth-order valence-corrected chi connectivity index (χ4v) is 18.6. The number of methoxy groups -OCH3 is 9. The number of benzene rings is 10. The summed E-state index contributed by atoms with van der Waals surface area (Å²) in [5.41, 5.74) is 20.0. The van der Waals surface area contributed by atoms with Crippen molar-refractivity contribution in [2.24, 2.45) is 11.7 Å². The number of amides is 1. The molecule has 15 rings (SSSR count). The van der Waals surface area contributed by atoms with Crippen LogP contribution in [0.15, 0.2) is 199 Å². The van der Waals surface area contributed by atoms with Crippen molar-refractivity contribution in [3.63, 3.8) is 0 Å². The van der Waals surface area contributed by atoms with Crippen LogP contribution in [0.3, 0.4) is 0 Å². The van der Waals surface area contributed by atoms with Gasteiger partial charge in [-0.3, -0.25) is 23.8 Å². The fraction of sp³-hybridized carbons (Fsp3) is 0.289. The van der Waals surface area contributed by atoms with Gasteiger partial charge in [-0.25, -0.2) is 63.3 Å². The Morgan fingerprint density at radius 1 is 0.430 bits per heavy atom. The van der Waals surface area contributed by atoms with Gasteiger partial charge in [0.2, 0.25) is 0 Å². The molecule has 32 nitrogen and oxygen atoms in total. The van der Waals surface area contributed by atoms with Gasteiger partial charge in [-0.2, -0.15) is 10.2 Å². The number of nitrogens with two attached hydrogens (primary N) is 1. The smallest absolute Gasteiger partial charge is 0.341 e. The van der Waals surface area contributed by atoms with E-state index in [2.05, 4.69) is 83.3 Å². The molecule has 0 saturated carbocycles. The number of rotatable bonds is 29. The topological polar surface area (TPSA) is 390 Å². The minimum Gasteiger partial charge on any atom is -0.496 e. The lowest BCUT2D eigenvalue weighted by molar-refractivity contribution is -0.145. The standard InChI is InChI=1S/C37H36F2N6O7S.C23H29NO4.C22H28N2O4.C15H10F2N4O4S/c1-44-15-14-26-22(8-13-27(28(26)19-44)34-32(50-2)6-5-7-33(34)51-3)16-31(37(47)52-4)42-36(46)35-29(38)17-23(18-30(35)39)43-53(48,49)25-11-9-24(10-12-25)45-21-40-20-41-45;1-15(23(25)28-5)13-16-9-10-18(19-14-24(2)12-11-17(16)19)22-20(26-3)7-6-8-21(22)27-4;1-24-11-10-15-14(12-18(23)22(25)28-4)8-9-16(17(15)13-24)21-19(26-2)6-5-7-20(21)27-3;16-12-5-9(6-13(17)14(12)15(22)23)20-26(24,25)11-3-1-10(2-4-11)21-8-18-7-19-21/h5-13,17-18,20-21,31,43H,14-16,19H2,1-4H3,(H,42,46);6-10,15H,11-14H2,1-5H3;5-9,18H,10-13,23H2,1-4H3;1-8,20H,(H,22,23). The highest BCUT2D eigenvalue weighted by atomic mass is 32.2. The molecule has 3 unspecified atom stereocenters. The first-order chi connectivity index (χ1) is 64.7. The van der Waals surface area contributed by atoms with Gasteiger partial charge in [-0.1, -0.05) is 61.5 Å². The van der Waals surface area contributed by atoms with Gasteiger partial charge in [-0.05, 0) is 229 Å². The predicted octanol–water partition coefficient (Wildman–Crippen LogP) is 12.7. The Morgan fingerprint density at radius 3 is 1.07 bits per heavy atom. The molecule has 0 aliphatic carbocycles. The monoisotopic (exact) mass is 1890 g/mol. The summed E-state index contributed by atoms with van der Waals surface area (Å²) in [4.78, 5) is 74.9. The number of sulfonamides is 2. The Bertz CT molecular complexity index is 6310. The van der Waals surface area contributed by atoms with Crippen LogP contribution < -0.4 is 48.9 Å². The van der Waals surface area contributed by atoms with Gasteiger partial charge in [0.15, 0.2) is 0 Å². The third-order valence-corrected chi connectivity index (χ3v) is 26.0. The summed E-state index contributed by atoms with van der Waals surface area (Å²) in [6.07, 6.45) is 9.09. The normalized spacial score (nSPS) is 13.6. The van der Waals surface area contributed by atoms with Gasteiger partial charge >= 0.3 is 23.9 Å². The van der Waals surface area contributed by atoms with Crippen LogP contribution in [-0.4, -0.2) is 213 Å². The number of carbonyl (C=O) groups is 5. The predicted molar refractivity (Wildman–Crippen MR) is 495 cm³/mol. The summed E-state index contributed by atoms with van der Waals surface area (Å²) in [7, 11) is 11.6. The number of esters is 3. The van der Waals surface area contributed by atoms with Crippen LogP contribution in [0.5, 0.6) is 34.5 Å². The SMILES string of the molecule is COC(=O)C(C)Cc1ccc(-c2c(OC)cccc2OC)c2c1CCN(C)C2.COC(=O)C(Cc1ccc(-c2c(OC)cccc2OC)c2c1CCN(C)C2)NC(=O)c1c(F)cc(NS(=O)(=O)c2ccc(-n3cncn3)cc2)cc1F.COC(=O)C(N)Cc1ccc(-c2c(OC)cccc2OC)c2c1CCN(C)C2.O=C(O)c1c(F)cc(NS(=O)(=O)c2ccc(-n3cncn3)cc2)cc1F. The lowest BCUT2D eigenvalue weighted by atomic mass is 9.84. The zero-order valence-corrected chi connectivity index (χ0v) is 78.0. The summed E-state index contributed by atoms with van der Waals surface area (Å²) < 4.78 is 164. The van der Waals surface area contributed by atoms with E-state index in [0.717, 1.165) is 131 Å². The number of likely N-dealkylation sites (N-methyl/N-ethyl adjacent to an activating group) is 3. The van der Waals surface area contributed by atoms with Gasteiger partial charge < -0.3 is 73.5 Å². The maximum atomic E-state index is 15.4. The second kappa shape index (κ2) is 44.5. The highest BCUT2D eigenvalue weighted by molar-refractivity contribution is 7.93. The maximum Gasteiger partial charge on any atom is 0.341 e. The zero-order valence-electron chi connectivity index (χ0n) is 76.3. The molecule has 0 radical (unpaired) electrons. The second-order valence-electron chi connectivity index (χ2n) is 31.8. The van der Waals surface area contributed by atoms with Crippen molar-refractivity contribution in [1.82, 2.24) is 49.5 Å². The number of aromatic nitrogens is 6. The van der Waals surface area contributed by atoms with Gasteiger partial charge in [-0.15, -0.1) is 0 Å². The zero-order chi connectivity index (χ0) is 97.3. The summed E-state index contributed by atoms with van der Waals surface area (Å²) in [5, 5.41) is 19.0. The van der Waals surface area contributed by atoms with Crippen LogP contribution >= 0.6 is 0 Å². The van der Waals surface area contributed by atoms with Crippen LogP contribution in [-0.2, 0) is 107 Å². The van der Waals surface area contributed by atoms with Crippen LogP contribution in [0.1, 0.15) is 77.7 Å². The molecule has 710 valence electrons. The number of aromatic carboxylic acids is 1. The molecule has 10 aromatic carbocycles.